The highest BCUT2D eigenvalue weighted by Gasteiger charge is 2.45. The van der Waals surface area contributed by atoms with Gasteiger partial charge in [0.1, 0.15) is 17.3 Å². The molecule has 2 aromatic rings. The van der Waals surface area contributed by atoms with Crippen LogP contribution in [0.5, 0.6) is 11.5 Å². The molecule has 0 radical (unpaired) electrons. The fourth-order valence-corrected chi connectivity index (χ4v) is 3.63. The number of phenols is 1. The van der Waals surface area contributed by atoms with Gasteiger partial charge in [0.15, 0.2) is 0 Å². The quantitative estimate of drug-likeness (QED) is 0.381. The Morgan fingerprint density at radius 2 is 1.81 bits per heavy atom. The summed E-state index contributed by atoms with van der Waals surface area (Å²) >= 11 is 0. The number of methoxy groups -OCH3 is 1. The van der Waals surface area contributed by atoms with Gasteiger partial charge in [-0.25, -0.2) is 0 Å². The van der Waals surface area contributed by atoms with Gasteiger partial charge in [-0.1, -0.05) is 19.1 Å². The number of carbonyl (C=O) groups is 2. The largest absolute Gasteiger partial charge is 0.508 e. The van der Waals surface area contributed by atoms with Crippen molar-refractivity contribution in [3.8, 4) is 11.5 Å². The summed E-state index contributed by atoms with van der Waals surface area (Å²) in [5, 5.41) is 20.7. The molecule has 2 N–H and O–H groups in total. The molecule has 7 nitrogen and oxygen atoms in total. The van der Waals surface area contributed by atoms with Crippen LogP contribution in [-0.4, -0.2) is 53.7 Å². The number of aromatic hydroxyl groups is 1. The lowest BCUT2D eigenvalue weighted by Crippen LogP contribution is -2.32. The van der Waals surface area contributed by atoms with Gasteiger partial charge in [0.2, 0.25) is 0 Å². The van der Waals surface area contributed by atoms with E-state index in [9.17, 15) is 19.8 Å². The number of ether oxygens (including phenoxy) is 2. The third kappa shape index (κ3) is 4.56. The molecule has 0 spiro atoms. The molecular weight excluding hydrogens is 398 g/mol. The van der Waals surface area contributed by atoms with Gasteiger partial charge in [-0.3, -0.25) is 9.59 Å². The van der Waals surface area contributed by atoms with Crippen LogP contribution in [0, 0.1) is 6.92 Å². The van der Waals surface area contributed by atoms with E-state index in [-0.39, 0.29) is 30.2 Å². The van der Waals surface area contributed by atoms with Crippen LogP contribution in [0.15, 0.2) is 48.0 Å². The molecule has 0 bridgehead atoms. The monoisotopic (exact) mass is 425 g/mol. The van der Waals surface area contributed by atoms with Gasteiger partial charge in [0, 0.05) is 19.2 Å². The normalized spacial score (nSPS) is 17.9. The van der Waals surface area contributed by atoms with Crippen molar-refractivity contribution in [3.63, 3.8) is 0 Å². The van der Waals surface area contributed by atoms with Crippen molar-refractivity contribution >= 4 is 17.4 Å². The smallest absolute Gasteiger partial charge is 0.295 e. The number of hydrogen-bond donors (Lipinski definition) is 2. The molecular formula is C24H27NO6. The zero-order valence-electron chi connectivity index (χ0n) is 17.9. The Bertz CT molecular complexity index is 996. The molecule has 1 heterocycles. The van der Waals surface area contributed by atoms with Crippen molar-refractivity contribution < 1.29 is 29.3 Å². The number of rotatable bonds is 8. The molecule has 1 amide bonds. The average molecular weight is 425 g/mol. The van der Waals surface area contributed by atoms with Crippen LogP contribution < -0.4 is 4.74 Å². The fraction of sp³-hybridized carbons (Fsp3) is 0.333. The molecule has 1 atom stereocenters. The molecule has 0 saturated carbocycles. The van der Waals surface area contributed by atoms with Crippen LogP contribution in [0.4, 0.5) is 0 Å². The highest BCUT2D eigenvalue weighted by Crippen LogP contribution is 2.40. The molecule has 2 aromatic carbocycles. The predicted octanol–water partition coefficient (Wildman–Crippen LogP) is 3.56. The molecule has 1 unspecified atom stereocenters. The summed E-state index contributed by atoms with van der Waals surface area (Å²) in [7, 11) is 1.51. The van der Waals surface area contributed by atoms with E-state index in [0.717, 1.165) is 12.0 Å². The molecule has 1 saturated heterocycles. The first kappa shape index (κ1) is 22.4. The van der Waals surface area contributed by atoms with E-state index in [1.165, 1.54) is 24.1 Å². The van der Waals surface area contributed by atoms with E-state index in [4.69, 9.17) is 9.47 Å². The van der Waals surface area contributed by atoms with Crippen LogP contribution in [0.1, 0.15) is 36.1 Å². The predicted molar refractivity (Wildman–Crippen MR) is 116 cm³/mol. The first-order valence-corrected chi connectivity index (χ1v) is 10.2. The molecule has 7 heteroatoms. The number of hydrogen-bond acceptors (Lipinski definition) is 6. The summed E-state index contributed by atoms with van der Waals surface area (Å²) in [5.74, 6) is -0.932. The van der Waals surface area contributed by atoms with Gasteiger partial charge in [0.05, 0.1) is 24.8 Å². The van der Waals surface area contributed by atoms with Gasteiger partial charge >= 0.3 is 0 Å². The highest BCUT2D eigenvalue weighted by molar-refractivity contribution is 6.46. The summed E-state index contributed by atoms with van der Waals surface area (Å²) in [6, 6.07) is 10.6. The minimum absolute atomic E-state index is 0.00780. The minimum Gasteiger partial charge on any atom is -0.508 e. The molecule has 0 aliphatic carbocycles. The minimum atomic E-state index is -0.785. The number of amides is 1. The topological polar surface area (TPSA) is 96.3 Å². The van der Waals surface area contributed by atoms with Crippen LogP contribution >= 0.6 is 0 Å². The SMILES string of the molecule is CCCOc1ccc(/C(O)=C2/C(=O)C(=O)N(CCOC)C2c2ccc(O)cc2)cc1C. The van der Waals surface area contributed by atoms with Crippen LogP contribution in [0.3, 0.4) is 0 Å². The van der Waals surface area contributed by atoms with Crippen LogP contribution in [0.2, 0.25) is 0 Å². The van der Waals surface area contributed by atoms with Crippen molar-refractivity contribution in [2.75, 3.05) is 26.9 Å². The summed E-state index contributed by atoms with van der Waals surface area (Å²) in [4.78, 5) is 27.1. The number of Topliss-reactive ketones (excluding diaryl/α,β-unsaturated/α-hetero) is 1. The van der Waals surface area contributed by atoms with Gasteiger partial charge < -0.3 is 24.6 Å². The Kier molecular flexibility index (Phi) is 6.97. The van der Waals surface area contributed by atoms with E-state index >= 15 is 0 Å². The number of nitrogens with zero attached hydrogens (tertiary/aromatic N) is 1. The maximum atomic E-state index is 12.9. The highest BCUT2D eigenvalue weighted by atomic mass is 16.5. The van der Waals surface area contributed by atoms with Crippen LogP contribution in [0.25, 0.3) is 5.76 Å². The van der Waals surface area contributed by atoms with E-state index in [2.05, 4.69) is 0 Å². The lowest BCUT2D eigenvalue weighted by molar-refractivity contribution is -0.140. The Hall–Kier alpha value is -3.32. The molecule has 1 aliphatic rings. The van der Waals surface area contributed by atoms with E-state index in [1.807, 2.05) is 13.8 Å². The van der Waals surface area contributed by atoms with Gasteiger partial charge in [-0.05, 0) is 54.8 Å². The summed E-state index contributed by atoms with van der Waals surface area (Å²) in [6.45, 7) is 4.88. The lowest BCUT2D eigenvalue weighted by Gasteiger charge is -2.25. The molecule has 1 fully saturated rings. The number of likely N-dealkylation sites (tertiary alicyclic amines) is 1. The second-order valence-corrected chi connectivity index (χ2v) is 7.41. The number of benzene rings is 2. The summed E-state index contributed by atoms with van der Waals surface area (Å²) in [5.41, 5.74) is 1.85. The number of aryl methyl sites for hydroxylation is 1. The van der Waals surface area contributed by atoms with Gasteiger partial charge in [0.25, 0.3) is 11.7 Å². The van der Waals surface area contributed by atoms with E-state index in [0.29, 0.717) is 23.5 Å². The standard InChI is InChI=1S/C24H27NO6/c1-4-12-31-19-10-7-17(14-15(19)2)22(27)20-21(16-5-8-18(26)9-6-16)25(11-13-30-3)24(29)23(20)28/h5-10,14,21,26-27H,4,11-13H2,1-3H3/b22-20-. The maximum absolute atomic E-state index is 12.9. The van der Waals surface area contributed by atoms with E-state index < -0.39 is 17.7 Å². The van der Waals surface area contributed by atoms with Crippen LogP contribution in [-0.2, 0) is 14.3 Å². The van der Waals surface area contributed by atoms with Crippen molar-refractivity contribution in [2.45, 2.75) is 26.3 Å². The van der Waals surface area contributed by atoms with Crippen molar-refractivity contribution in [1.29, 1.82) is 0 Å². The lowest BCUT2D eigenvalue weighted by atomic mass is 9.94. The average Bonchev–Trinajstić information content (AvgIpc) is 3.01. The fourth-order valence-electron chi connectivity index (χ4n) is 3.63. The Morgan fingerprint density at radius 3 is 2.42 bits per heavy atom. The third-order valence-electron chi connectivity index (χ3n) is 5.20. The van der Waals surface area contributed by atoms with Crippen molar-refractivity contribution in [3.05, 3.63) is 64.7 Å². The molecule has 3 rings (SSSR count). The first-order chi connectivity index (χ1) is 14.9. The Morgan fingerprint density at radius 1 is 1.10 bits per heavy atom. The Labute approximate surface area is 181 Å². The van der Waals surface area contributed by atoms with Crippen molar-refractivity contribution in [2.24, 2.45) is 0 Å². The third-order valence-corrected chi connectivity index (χ3v) is 5.20. The second kappa shape index (κ2) is 9.66. The number of phenolic OH excluding ortho intramolecular Hbond substituents is 1. The van der Waals surface area contributed by atoms with Gasteiger partial charge in [-0.2, -0.15) is 0 Å². The number of carbonyl (C=O) groups excluding carboxylic acids is 2. The summed E-state index contributed by atoms with van der Waals surface area (Å²) < 4.78 is 10.8. The second-order valence-electron chi connectivity index (χ2n) is 7.41. The molecule has 31 heavy (non-hydrogen) atoms. The van der Waals surface area contributed by atoms with E-state index in [1.54, 1.807) is 30.3 Å². The number of ketones is 1. The molecule has 1 aliphatic heterocycles. The molecule has 0 aromatic heterocycles. The van der Waals surface area contributed by atoms with Gasteiger partial charge in [-0.15, -0.1) is 0 Å². The maximum Gasteiger partial charge on any atom is 0.295 e. The number of aliphatic hydroxyl groups is 1. The molecule has 164 valence electrons. The number of aliphatic hydroxyl groups excluding tert-OH is 1. The summed E-state index contributed by atoms with van der Waals surface area (Å²) in [6.07, 6.45) is 0.874. The first-order valence-electron chi connectivity index (χ1n) is 10.2. The zero-order valence-corrected chi connectivity index (χ0v) is 17.9. The van der Waals surface area contributed by atoms with Crippen molar-refractivity contribution in [1.82, 2.24) is 4.90 Å². The Balaban J connectivity index is 2.09. The zero-order chi connectivity index (χ0) is 22.5.